The molecule has 5 aliphatic rings. The van der Waals surface area contributed by atoms with Crippen LogP contribution < -0.4 is 5.32 Å². The van der Waals surface area contributed by atoms with Crippen molar-refractivity contribution in [2.24, 2.45) is 5.92 Å². The summed E-state index contributed by atoms with van der Waals surface area (Å²) in [4.78, 5) is 43.2. The van der Waals surface area contributed by atoms with Crippen molar-refractivity contribution in [1.29, 1.82) is 0 Å². The van der Waals surface area contributed by atoms with Crippen LogP contribution in [0, 0.1) is 5.92 Å². The molecule has 9 nitrogen and oxygen atoms in total. The zero-order chi connectivity index (χ0) is 30.1. The van der Waals surface area contributed by atoms with Crippen LogP contribution in [-0.4, -0.2) is 112 Å². The highest BCUT2D eigenvalue weighted by atomic mass is 19.1. The van der Waals surface area contributed by atoms with Crippen molar-refractivity contribution in [1.82, 2.24) is 30.0 Å². The molecule has 0 bridgehead atoms. The molecule has 1 aromatic rings. The fourth-order valence-electron chi connectivity index (χ4n) is 8.52. The second kappa shape index (κ2) is 13.3. The molecular weight excluding hydrogens is 547 g/mol. The molecule has 9 unspecified atom stereocenters. The number of hydrogen-bond acceptors (Lipinski definition) is 8. The molecule has 2 saturated heterocycles. The van der Waals surface area contributed by atoms with E-state index in [9.17, 15) is 9.59 Å². The molecular formula is C33H49FN6O3. The number of amides is 1. The molecule has 4 heterocycles. The van der Waals surface area contributed by atoms with Crippen molar-refractivity contribution < 1.29 is 18.7 Å². The molecule has 1 aromatic heterocycles. The van der Waals surface area contributed by atoms with Gasteiger partial charge < -0.3 is 19.9 Å². The standard InChI is InChI=1S/C33H49FN6O3/c1-4-38(5-2)15-8-9-21(3)37-33(42)24-20-40-27-10-6-7-11-28(27)43-32-29(40)23(31(24)41)17-25(34)30(32)39-16-12-22(19-39)26-18-35-13-14-36-26/h13-14,18,20-23,25,27-30,32H,4-12,15-17,19H2,1-3H3,(H,37,42). The average molecular weight is 597 g/mol. The number of morpholine rings is 1. The molecule has 6 rings (SSSR count). The van der Waals surface area contributed by atoms with Crippen molar-refractivity contribution in [2.45, 2.75) is 121 Å². The number of carbonyl (C=O) groups is 2. The molecule has 0 aromatic carbocycles. The maximum absolute atomic E-state index is 16.3. The summed E-state index contributed by atoms with van der Waals surface area (Å²) < 4.78 is 23.2. The first-order valence-corrected chi connectivity index (χ1v) is 16.8. The van der Waals surface area contributed by atoms with Gasteiger partial charge >= 0.3 is 0 Å². The smallest absolute Gasteiger partial charge is 0.256 e. The Balaban J connectivity index is 1.21. The predicted molar refractivity (Wildman–Crippen MR) is 162 cm³/mol. The number of carbonyl (C=O) groups excluding carboxylic acids is 2. The Morgan fingerprint density at radius 2 is 2.00 bits per heavy atom. The topological polar surface area (TPSA) is 90.9 Å². The lowest BCUT2D eigenvalue weighted by molar-refractivity contribution is -0.209. The van der Waals surface area contributed by atoms with Crippen molar-refractivity contribution in [3.63, 3.8) is 0 Å². The second-order valence-corrected chi connectivity index (χ2v) is 13.3. The quantitative estimate of drug-likeness (QED) is 0.411. The lowest BCUT2D eigenvalue weighted by Gasteiger charge is -2.60. The molecule has 9 atom stereocenters. The largest absolute Gasteiger partial charge is 0.369 e. The molecule has 43 heavy (non-hydrogen) atoms. The summed E-state index contributed by atoms with van der Waals surface area (Å²) in [5.74, 6) is -0.922. The van der Waals surface area contributed by atoms with E-state index >= 15 is 4.39 Å². The maximum atomic E-state index is 16.3. The third-order valence-corrected chi connectivity index (χ3v) is 10.8. The maximum Gasteiger partial charge on any atom is 0.256 e. The lowest BCUT2D eigenvalue weighted by atomic mass is 9.69. The number of fused-ring (bicyclic) bond motifs is 2. The molecule has 4 fully saturated rings. The Morgan fingerprint density at radius 1 is 1.19 bits per heavy atom. The van der Waals surface area contributed by atoms with Crippen molar-refractivity contribution in [2.75, 3.05) is 32.7 Å². The summed E-state index contributed by atoms with van der Waals surface area (Å²) in [6.45, 7) is 10.8. The van der Waals surface area contributed by atoms with Gasteiger partial charge in [0.25, 0.3) is 5.91 Å². The Labute approximate surface area is 255 Å². The molecule has 0 radical (unpaired) electrons. The van der Waals surface area contributed by atoms with Crippen molar-refractivity contribution in [3.8, 4) is 0 Å². The van der Waals surface area contributed by atoms with E-state index in [1.54, 1.807) is 12.4 Å². The normalized spacial score (nSPS) is 34.9. The number of ether oxygens (including phenoxy) is 1. The number of halogens is 1. The SMILES string of the molecule is CCN(CC)CCCC(C)NC(=O)C1=CN2C3CCCCC3OC3C(N4CCC(c5cnccn5)C4)C(F)CC(C1=O)C32. The molecule has 2 saturated carbocycles. The van der Waals surface area contributed by atoms with Crippen LogP contribution in [0.15, 0.2) is 30.4 Å². The Hall–Kier alpha value is -2.43. The number of Topliss-reactive ketones (excluding diaryl/α,β-unsaturated/α-hetero) is 1. The number of ketones is 1. The zero-order valence-electron chi connectivity index (χ0n) is 26.0. The molecule has 10 heteroatoms. The fourth-order valence-corrected chi connectivity index (χ4v) is 8.52. The summed E-state index contributed by atoms with van der Waals surface area (Å²) in [6, 6.07) is -0.600. The van der Waals surface area contributed by atoms with Crippen LogP contribution in [0.4, 0.5) is 4.39 Å². The highest BCUT2D eigenvalue weighted by molar-refractivity contribution is 6.20. The number of aromatic nitrogens is 2. The number of likely N-dealkylation sites (tertiary alicyclic amines) is 1. The predicted octanol–water partition coefficient (Wildman–Crippen LogP) is 3.47. The van der Waals surface area contributed by atoms with Crippen LogP contribution in [0.5, 0.6) is 0 Å². The van der Waals surface area contributed by atoms with Crippen LogP contribution in [0.2, 0.25) is 0 Å². The fraction of sp³-hybridized carbons (Fsp3) is 0.758. The third kappa shape index (κ3) is 6.12. The lowest BCUT2D eigenvalue weighted by Crippen LogP contribution is -2.73. The van der Waals surface area contributed by atoms with Gasteiger partial charge in [0.15, 0.2) is 5.78 Å². The minimum atomic E-state index is -1.21. The molecule has 1 N–H and O–H groups in total. The minimum absolute atomic E-state index is 0.0189. The van der Waals surface area contributed by atoms with Gasteiger partial charge in [0.2, 0.25) is 0 Å². The average Bonchev–Trinajstić information content (AvgIpc) is 3.50. The molecule has 236 valence electrons. The summed E-state index contributed by atoms with van der Waals surface area (Å²) >= 11 is 0. The van der Waals surface area contributed by atoms with Crippen molar-refractivity contribution in [3.05, 3.63) is 36.1 Å². The highest BCUT2D eigenvalue weighted by Crippen LogP contribution is 2.47. The van der Waals surface area contributed by atoms with Gasteiger partial charge in [-0.15, -0.1) is 0 Å². The van der Waals surface area contributed by atoms with Gasteiger partial charge in [0.05, 0.1) is 41.6 Å². The molecule has 2 aliphatic carbocycles. The van der Waals surface area contributed by atoms with Gasteiger partial charge in [-0.2, -0.15) is 0 Å². The minimum Gasteiger partial charge on any atom is -0.369 e. The van der Waals surface area contributed by atoms with Crippen LogP contribution in [0.25, 0.3) is 0 Å². The Kier molecular flexibility index (Phi) is 9.45. The number of hydrogen-bond donors (Lipinski definition) is 1. The summed E-state index contributed by atoms with van der Waals surface area (Å²) in [7, 11) is 0. The summed E-state index contributed by atoms with van der Waals surface area (Å²) in [5, 5.41) is 3.10. The van der Waals surface area contributed by atoms with Crippen molar-refractivity contribution >= 4 is 11.7 Å². The van der Waals surface area contributed by atoms with Crippen LogP contribution in [0.3, 0.4) is 0 Å². The van der Waals surface area contributed by atoms with Gasteiger partial charge in [-0.3, -0.25) is 24.5 Å². The molecule has 1 amide bonds. The number of nitrogens with one attached hydrogen (secondary N) is 1. The summed E-state index contributed by atoms with van der Waals surface area (Å²) in [5.41, 5.74) is 1.14. The van der Waals surface area contributed by atoms with Crippen LogP contribution in [-0.2, 0) is 14.3 Å². The van der Waals surface area contributed by atoms with Gasteiger partial charge in [0, 0.05) is 49.2 Å². The highest BCUT2D eigenvalue weighted by Gasteiger charge is 2.60. The van der Waals surface area contributed by atoms with E-state index in [1.165, 1.54) is 0 Å². The summed E-state index contributed by atoms with van der Waals surface area (Å²) in [6.07, 6.45) is 12.3. The molecule has 0 spiro atoms. The van der Waals surface area contributed by atoms with E-state index in [1.807, 2.05) is 19.3 Å². The second-order valence-electron chi connectivity index (χ2n) is 13.3. The van der Waals surface area contributed by atoms with E-state index in [-0.39, 0.29) is 53.8 Å². The van der Waals surface area contributed by atoms with E-state index in [0.29, 0.717) is 6.54 Å². The zero-order valence-corrected chi connectivity index (χ0v) is 26.0. The number of nitrogens with zero attached hydrogens (tertiary/aromatic N) is 5. The Bertz CT molecular complexity index is 1160. The van der Waals surface area contributed by atoms with E-state index in [2.05, 4.69) is 43.8 Å². The van der Waals surface area contributed by atoms with Crippen LogP contribution in [0.1, 0.15) is 83.7 Å². The van der Waals surface area contributed by atoms with E-state index in [4.69, 9.17) is 4.74 Å². The van der Waals surface area contributed by atoms with Gasteiger partial charge in [0.1, 0.15) is 6.17 Å². The number of alkyl halides is 1. The monoisotopic (exact) mass is 596 g/mol. The van der Waals surface area contributed by atoms with Gasteiger partial charge in [-0.25, -0.2) is 4.39 Å². The van der Waals surface area contributed by atoms with E-state index in [0.717, 1.165) is 76.8 Å². The third-order valence-electron chi connectivity index (χ3n) is 10.8. The first-order valence-electron chi connectivity index (χ1n) is 16.8. The van der Waals surface area contributed by atoms with Crippen LogP contribution >= 0.6 is 0 Å². The van der Waals surface area contributed by atoms with Gasteiger partial charge in [-0.1, -0.05) is 26.7 Å². The first-order chi connectivity index (χ1) is 20.9. The Morgan fingerprint density at radius 3 is 2.77 bits per heavy atom. The number of rotatable bonds is 10. The molecule has 3 aliphatic heterocycles. The first kappa shape index (κ1) is 30.6. The van der Waals surface area contributed by atoms with E-state index < -0.39 is 24.2 Å². The van der Waals surface area contributed by atoms with Gasteiger partial charge in [-0.05, 0) is 71.6 Å².